The molecule has 0 fully saturated rings. The molecule has 3 rings (SSSR count). The number of hydrogen-bond donors (Lipinski definition) is 0. The van der Waals surface area contributed by atoms with Gasteiger partial charge in [-0.25, -0.2) is 0 Å². The van der Waals surface area contributed by atoms with E-state index < -0.39 is 0 Å². The van der Waals surface area contributed by atoms with E-state index in [0.29, 0.717) is 0 Å². The second kappa shape index (κ2) is 5.60. The zero-order valence-electron chi connectivity index (χ0n) is 10.6. The van der Waals surface area contributed by atoms with Gasteiger partial charge in [-0.15, -0.1) is 47.0 Å². The predicted octanol–water partition coefficient (Wildman–Crippen LogP) is 4.28. The maximum atomic E-state index is 3.38. The van der Waals surface area contributed by atoms with E-state index >= 15 is 0 Å². The van der Waals surface area contributed by atoms with Gasteiger partial charge in [-0.2, -0.15) is 0 Å². The molecule has 1 heteroatoms. The molecule has 0 spiro atoms. The molecule has 0 atom stereocenters. The minimum Gasteiger partial charge on any atom is -1.00 e. The Morgan fingerprint density at radius 3 is 2.35 bits per heavy atom. The maximum Gasteiger partial charge on any atom is 0 e. The molecule has 0 bridgehead atoms. The minimum absolute atomic E-state index is 0. The average molecular weight is 298 g/mol. The van der Waals surface area contributed by atoms with E-state index in [9.17, 15) is 0 Å². The molecule has 0 aromatic heterocycles. The molecular weight excluding hydrogens is 283 g/mol. The molecule has 0 aliphatic heterocycles. The van der Waals surface area contributed by atoms with Crippen molar-refractivity contribution in [3.8, 4) is 0 Å². The predicted molar refractivity (Wildman–Crippen MR) is 69.9 cm³/mol. The van der Waals surface area contributed by atoms with Gasteiger partial charge in [0.05, 0.1) is 0 Å². The number of rotatable bonds is 2. The summed E-state index contributed by atoms with van der Waals surface area (Å²) in [7, 11) is 0. The summed E-state index contributed by atoms with van der Waals surface area (Å²) >= 11 is 0. The first-order valence-electron chi connectivity index (χ1n) is 5.68. The zero-order valence-corrected chi connectivity index (χ0v) is 12.1. The molecule has 1 aromatic rings. The van der Waals surface area contributed by atoms with Crippen LogP contribution >= 0.6 is 0 Å². The SMILES string of the molecule is [H-].[Zr].[c-]1cccc(C2=CC=CC2)c1C1=CC=CC1. The van der Waals surface area contributed by atoms with Crippen LogP contribution in [0.4, 0.5) is 0 Å². The molecule has 17 heavy (non-hydrogen) atoms. The summed E-state index contributed by atoms with van der Waals surface area (Å²) in [5.41, 5.74) is 5.38. The minimum atomic E-state index is 0. The van der Waals surface area contributed by atoms with Crippen LogP contribution in [0.15, 0.2) is 54.7 Å². The number of hydrogen-bond acceptors (Lipinski definition) is 0. The molecule has 0 amide bonds. The summed E-state index contributed by atoms with van der Waals surface area (Å²) in [6.45, 7) is 0. The van der Waals surface area contributed by atoms with Gasteiger partial charge in [0, 0.05) is 26.2 Å². The van der Waals surface area contributed by atoms with Crippen molar-refractivity contribution in [1.29, 1.82) is 0 Å². The molecule has 0 heterocycles. The monoisotopic (exact) mass is 296 g/mol. The smallest absolute Gasteiger partial charge is 0 e. The van der Waals surface area contributed by atoms with E-state index in [0.717, 1.165) is 12.8 Å². The normalized spacial score (nSPS) is 16.7. The first kappa shape index (κ1) is 12.5. The molecule has 0 radical (unpaired) electrons. The van der Waals surface area contributed by atoms with E-state index in [4.69, 9.17) is 0 Å². The largest absolute Gasteiger partial charge is 1.00 e. The third-order valence-electron chi connectivity index (χ3n) is 3.07. The summed E-state index contributed by atoms with van der Waals surface area (Å²) in [6.07, 6.45) is 15.1. The van der Waals surface area contributed by atoms with Gasteiger partial charge in [0.25, 0.3) is 0 Å². The summed E-state index contributed by atoms with van der Waals surface area (Å²) in [5, 5.41) is 0. The van der Waals surface area contributed by atoms with Gasteiger partial charge in [0.2, 0.25) is 0 Å². The van der Waals surface area contributed by atoms with Crippen molar-refractivity contribution < 1.29 is 27.6 Å². The van der Waals surface area contributed by atoms with Crippen LogP contribution in [0.5, 0.6) is 0 Å². The molecule has 0 saturated carbocycles. The summed E-state index contributed by atoms with van der Waals surface area (Å²) in [5.74, 6) is 0. The molecule has 0 saturated heterocycles. The second-order valence-corrected chi connectivity index (χ2v) is 4.11. The van der Waals surface area contributed by atoms with Crippen molar-refractivity contribution in [2.45, 2.75) is 12.8 Å². The van der Waals surface area contributed by atoms with Crippen molar-refractivity contribution in [3.05, 3.63) is 71.8 Å². The van der Waals surface area contributed by atoms with Crippen molar-refractivity contribution in [1.82, 2.24) is 0 Å². The fraction of sp³-hybridized carbons (Fsp3) is 0.125. The van der Waals surface area contributed by atoms with Crippen LogP contribution < -0.4 is 0 Å². The zero-order chi connectivity index (χ0) is 10.8. The van der Waals surface area contributed by atoms with Gasteiger partial charge in [0.15, 0.2) is 0 Å². The molecule has 2 aliphatic rings. The summed E-state index contributed by atoms with van der Waals surface area (Å²) in [4.78, 5) is 0. The fourth-order valence-electron chi connectivity index (χ4n) is 2.25. The summed E-state index contributed by atoms with van der Waals surface area (Å²) < 4.78 is 0. The van der Waals surface area contributed by atoms with Crippen LogP contribution in [-0.4, -0.2) is 0 Å². The van der Waals surface area contributed by atoms with E-state index in [2.05, 4.69) is 54.7 Å². The Hall–Kier alpha value is -0.937. The van der Waals surface area contributed by atoms with E-state index in [1.54, 1.807) is 0 Å². The van der Waals surface area contributed by atoms with Crippen LogP contribution in [0.2, 0.25) is 0 Å². The van der Waals surface area contributed by atoms with E-state index in [1.165, 1.54) is 22.3 Å². The van der Waals surface area contributed by atoms with Gasteiger partial charge in [-0.05, 0) is 12.8 Å². The Kier molecular flexibility index (Phi) is 4.12. The first-order chi connectivity index (χ1) is 7.95. The van der Waals surface area contributed by atoms with E-state index in [1.807, 2.05) is 6.07 Å². The van der Waals surface area contributed by atoms with Crippen LogP contribution in [-0.2, 0) is 26.2 Å². The topological polar surface area (TPSA) is 0 Å². The van der Waals surface area contributed by atoms with Crippen LogP contribution in [0.1, 0.15) is 25.4 Å². The Morgan fingerprint density at radius 2 is 1.71 bits per heavy atom. The van der Waals surface area contributed by atoms with Gasteiger partial charge in [0.1, 0.15) is 0 Å². The third-order valence-corrected chi connectivity index (χ3v) is 3.07. The Morgan fingerprint density at radius 1 is 1.00 bits per heavy atom. The van der Waals surface area contributed by atoms with Crippen LogP contribution in [0.3, 0.4) is 0 Å². The number of benzene rings is 1. The Labute approximate surface area is 123 Å². The maximum absolute atomic E-state index is 3.38. The molecule has 1 aromatic carbocycles. The Bertz CT molecular complexity index is 487. The fourth-order valence-corrected chi connectivity index (χ4v) is 2.25. The van der Waals surface area contributed by atoms with Gasteiger partial charge >= 0.3 is 0 Å². The van der Waals surface area contributed by atoms with Crippen LogP contribution in [0.25, 0.3) is 11.1 Å². The summed E-state index contributed by atoms with van der Waals surface area (Å²) in [6, 6.07) is 9.65. The van der Waals surface area contributed by atoms with Crippen molar-refractivity contribution >= 4 is 11.1 Å². The van der Waals surface area contributed by atoms with Crippen molar-refractivity contribution in [2.24, 2.45) is 0 Å². The van der Waals surface area contributed by atoms with Gasteiger partial charge < -0.3 is 1.43 Å². The van der Waals surface area contributed by atoms with E-state index in [-0.39, 0.29) is 27.6 Å². The first-order valence-corrected chi connectivity index (χ1v) is 5.68. The molecule has 84 valence electrons. The quantitative estimate of drug-likeness (QED) is 0.715. The number of allylic oxidation sites excluding steroid dienone is 8. The molecule has 2 aliphatic carbocycles. The second-order valence-electron chi connectivity index (χ2n) is 4.11. The third kappa shape index (κ3) is 2.50. The van der Waals surface area contributed by atoms with Crippen LogP contribution in [0, 0.1) is 6.07 Å². The molecule has 0 unspecified atom stereocenters. The molecule has 0 nitrogen and oxygen atoms in total. The van der Waals surface area contributed by atoms with Crippen molar-refractivity contribution in [2.75, 3.05) is 0 Å². The average Bonchev–Trinajstić information content (AvgIpc) is 3.03. The Balaban J connectivity index is 0.000000810. The standard InChI is InChI=1S/C16H13.Zr.H/c1-2-8-13(7-1)15-11-5-6-12-16(15)14-9-3-4-10-14;;/h1-7,9,11H,8,10H2;;/q-1;;-1. The van der Waals surface area contributed by atoms with Gasteiger partial charge in [-0.1, -0.05) is 36.0 Å². The van der Waals surface area contributed by atoms with Crippen molar-refractivity contribution in [3.63, 3.8) is 0 Å². The van der Waals surface area contributed by atoms with Gasteiger partial charge in [-0.3, -0.25) is 0 Å². The molecular formula is C16H14Zr-2. The molecule has 0 N–H and O–H groups in total.